The van der Waals surface area contributed by atoms with Gasteiger partial charge in [-0.05, 0) is 169 Å². The van der Waals surface area contributed by atoms with Gasteiger partial charge in [0.05, 0.1) is 16.9 Å². The average molecular weight is 1060 g/mol. The number of hydrogen-bond donors (Lipinski definition) is 0. The van der Waals surface area contributed by atoms with Crippen molar-refractivity contribution in [2.45, 2.75) is 116 Å². The standard InChI is InChI=1S/C78H74BN3/c1-74(2,3)56-36-40-66(60(46-56)52-27-17-13-18-28-52)80-69-34-24-23-33-64(69)79-65-48-58(76(7,8)9)38-42-70(65)81(67-41-37-57(75(4,5)6)47-61(67)53-29-19-14-20-30-53)72-50-59(49-71(80)73(72)79)82-68-39-35-55(51-25-15-12-16-26-51)45-63(68)77(10)44-43-54-31-21-22-32-62(54)78(77,82)11/h12-42,45-50H,43-44H2,1-11H3. The summed E-state index contributed by atoms with van der Waals surface area (Å²) in [4.78, 5) is 8.12. The van der Waals surface area contributed by atoms with E-state index < -0.39 is 5.54 Å². The fraction of sp³-hybridized carbons (Fsp3) is 0.231. The zero-order valence-corrected chi connectivity index (χ0v) is 49.7. The molecule has 10 aromatic carbocycles. The molecule has 0 saturated heterocycles. The molecule has 0 spiro atoms. The van der Waals surface area contributed by atoms with Crippen LogP contribution in [0.5, 0.6) is 0 Å². The second-order valence-electron chi connectivity index (χ2n) is 27.3. The van der Waals surface area contributed by atoms with Crippen molar-refractivity contribution in [1.82, 2.24) is 0 Å². The van der Waals surface area contributed by atoms with Gasteiger partial charge < -0.3 is 14.7 Å². The summed E-state index contributed by atoms with van der Waals surface area (Å²) in [6.07, 6.45) is 2.05. The summed E-state index contributed by atoms with van der Waals surface area (Å²) in [5.74, 6) is 0. The van der Waals surface area contributed by atoms with Gasteiger partial charge in [-0.3, -0.25) is 0 Å². The Balaban J connectivity index is 1.14. The Labute approximate surface area is 488 Å². The quantitative estimate of drug-likeness (QED) is 0.154. The minimum atomic E-state index is -0.469. The lowest BCUT2D eigenvalue weighted by Gasteiger charge is -2.52. The number of nitrogens with zero attached hydrogens (tertiary/aromatic N) is 3. The summed E-state index contributed by atoms with van der Waals surface area (Å²) in [6.45, 7) is 26.1. The van der Waals surface area contributed by atoms with Gasteiger partial charge in [-0.25, -0.2) is 0 Å². The monoisotopic (exact) mass is 1060 g/mol. The minimum absolute atomic E-state index is 0.0675. The predicted molar refractivity (Wildman–Crippen MR) is 351 cm³/mol. The third-order valence-electron chi connectivity index (χ3n) is 19.4. The molecule has 4 aliphatic rings. The van der Waals surface area contributed by atoms with Crippen molar-refractivity contribution in [2.75, 3.05) is 14.7 Å². The first-order chi connectivity index (χ1) is 39.3. The molecular weight excluding hydrogens is 990 g/mol. The van der Waals surface area contributed by atoms with Crippen LogP contribution in [0.15, 0.2) is 224 Å². The maximum Gasteiger partial charge on any atom is 0.252 e. The first-order valence-electron chi connectivity index (χ1n) is 29.8. The Bertz CT molecular complexity index is 4140. The van der Waals surface area contributed by atoms with E-state index in [4.69, 9.17) is 0 Å². The van der Waals surface area contributed by atoms with Crippen LogP contribution in [0.3, 0.4) is 0 Å². The molecule has 0 fully saturated rings. The first kappa shape index (κ1) is 51.8. The normalized spacial score (nSPS) is 17.8. The lowest BCUT2D eigenvalue weighted by molar-refractivity contribution is 0.245. The Morgan fingerprint density at radius 2 is 0.829 bits per heavy atom. The molecule has 3 aliphatic heterocycles. The maximum absolute atomic E-state index is 2.79. The smallest absolute Gasteiger partial charge is 0.252 e. The number of rotatable bonds is 6. The van der Waals surface area contributed by atoms with E-state index in [1.165, 1.54) is 123 Å². The Morgan fingerprint density at radius 1 is 0.366 bits per heavy atom. The van der Waals surface area contributed by atoms with Gasteiger partial charge >= 0.3 is 0 Å². The van der Waals surface area contributed by atoms with Gasteiger partial charge in [0.15, 0.2) is 0 Å². The number of aryl methyl sites for hydroxylation is 1. The van der Waals surface area contributed by atoms with Crippen molar-refractivity contribution in [3.63, 3.8) is 0 Å². The lowest BCUT2D eigenvalue weighted by Crippen LogP contribution is -2.61. The Hall–Kier alpha value is -8.34. The summed E-state index contributed by atoms with van der Waals surface area (Å²) in [5.41, 5.74) is 28.1. The molecule has 2 unspecified atom stereocenters. The Kier molecular flexibility index (Phi) is 11.7. The molecular formula is C78H74BN3. The molecule has 4 heteroatoms. The van der Waals surface area contributed by atoms with Crippen LogP contribution in [0.2, 0.25) is 0 Å². The summed E-state index contributed by atoms with van der Waals surface area (Å²) >= 11 is 0. The van der Waals surface area contributed by atoms with Crippen LogP contribution in [0, 0.1) is 0 Å². The molecule has 1 aliphatic carbocycles. The fourth-order valence-corrected chi connectivity index (χ4v) is 14.7. The van der Waals surface area contributed by atoms with Gasteiger partial charge in [-0.1, -0.05) is 233 Å². The third-order valence-corrected chi connectivity index (χ3v) is 19.4. The molecule has 0 N–H and O–H groups in total. The number of benzene rings is 10. The van der Waals surface area contributed by atoms with Gasteiger partial charge in [0, 0.05) is 50.7 Å². The molecule has 0 saturated carbocycles. The molecule has 14 rings (SSSR count). The highest BCUT2D eigenvalue weighted by Gasteiger charge is 2.60. The highest BCUT2D eigenvalue weighted by Crippen LogP contribution is 2.65. The Morgan fingerprint density at radius 3 is 1.39 bits per heavy atom. The molecule has 0 radical (unpaired) electrons. The van der Waals surface area contributed by atoms with Crippen LogP contribution < -0.4 is 31.1 Å². The molecule has 3 nitrogen and oxygen atoms in total. The molecule has 10 aromatic rings. The van der Waals surface area contributed by atoms with Crippen molar-refractivity contribution < 1.29 is 0 Å². The van der Waals surface area contributed by atoms with E-state index in [0.29, 0.717) is 0 Å². The predicted octanol–water partition coefficient (Wildman–Crippen LogP) is 18.9. The van der Waals surface area contributed by atoms with E-state index in [2.05, 4.69) is 315 Å². The zero-order valence-electron chi connectivity index (χ0n) is 49.7. The van der Waals surface area contributed by atoms with Crippen molar-refractivity contribution in [1.29, 1.82) is 0 Å². The van der Waals surface area contributed by atoms with E-state index in [-0.39, 0.29) is 28.4 Å². The van der Waals surface area contributed by atoms with Crippen molar-refractivity contribution >= 4 is 68.6 Å². The van der Waals surface area contributed by atoms with Crippen molar-refractivity contribution in [3.8, 4) is 33.4 Å². The van der Waals surface area contributed by atoms with Crippen LogP contribution in [0.25, 0.3) is 33.4 Å². The van der Waals surface area contributed by atoms with Gasteiger partial charge in [0.1, 0.15) is 0 Å². The molecule has 0 aromatic heterocycles. The van der Waals surface area contributed by atoms with Crippen LogP contribution in [-0.2, 0) is 33.6 Å². The largest absolute Gasteiger partial charge is 0.330 e. The lowest BCUT2D eigenvalue weighted by atomic mass is 9.33. The van der Waals surface area contributed by atoms with Crippen molar-refractivity contribution in [2.24, 2.45) is 0 Å². The number of hydrogen-bond acceptors (Lipinski definition) is 3. The average Bonchev–Trinajstić information content (AvgIpc) is 1.49. The van der Waals surface area contributed by atoms with Crippen LogP contribution >= 0.6 is 0 Å². The highest BCUT2D eigenvalue weighted by molar-refractivity contribution is 7.00. The summed E-state index contributed by atoms with van der Waals surface area (Å²) in [7, 11) is 0. The van der Waals surface area contributed by atoms with Crippen molar-refractivity contribution in [3.05, 3.63) is 258 Å². The summed E-state index contributed by atoms with van der Waals surface area (Å²) < 4.78 is 0. The van der Waals surface area contributed by atoms with Gasteiger partial charge in [0.2, 0.25) is 0 Å². The summed E-state index contributed by atoms with van der Waals surface area (Å²) in [5, 5.41) is 0. The van der Waals surface area contributed by atoms with Gasteiger partial charge in [-0.15, -0.1) is 0 Å². The first-order valence-corrected chi connectivity index (χ1v) is 29.8. The second-order valence-corrected chi connectivity index (χ2v) is 27.3. The van der Waals surface area contributed by atoms with Crippen LogP contribution in [0.4, 0.5) is 45.5 Å². The fourth-order valence-electron chi connectivity index (χ4n) is 14.7. The number of para-hydroxylation sites is 1. The molecule has 82 heavy (non-hydrogen) atoms. The van der Waals surface area contributed by atoms with E-state index in [9.17, 15) is 0 Å². The third kappa shape index (κ3) is 7.91. The van der Waals surface area contributed by atoms with Gasteiger partial charge in [0.25, 0.3) is 6.71 Å². The van der Waals surface area contributed by atoms with E-state index in [1.807, 2.05) is 0 Å². The van der Waals surface area contributed by atoms with E-state index >= 15 is 0 Å². The molecule has 404 valence electrons. The molecule has 3 heterocycles. The van der Waals surface area contributed by atoms with Crippen LogP contribution in [0.1, 0.15) is 116 Å². The molecule has 0 amide bonds. The topological polar surface area (TPSA) is 9.72 Å². The van der Waals surface area contributed by atoms with Crippen LogP contribution in [-0.4, -0.2) is 6.71 Å². The molecule has 2 atom stereocenters. The molecule has 0 bridgehead atoms. The minimum Gasteiger partial charge on any atom is -0.330 e. The number of fused-ring (bicyclic) bond motifs is 9. The second kappa shape index (κ2) is 18.6. The maximum atomic E-state index is 2.79. The number of anilines is 8. The zero-order chi connectivity index (χ0) is 56.7. The van der Waals surface area contributed by atoms with Gasteiger partial charge in [-0.2, -0.15) is 0 Å². The van der Waals surface area contributed by atoms with E-state index in [0.717, 1.165) is 18.5 Å². The summed E-state index contributed by atoms with van der Waals surface area (Å²) in [6, 6.07) is 86.5. The van der Waals surface area contributed by atoms with E-state index in [1.54, 1.807) is 0 Å². The SMILES string of the molecule is CC(C)(C)c1ccc2c(c1)B1c3ccccc3N(c3ccc(C(C)(C)C)cc3-c3ccccc3)c3cc(N4c5ccc(-c6ccccc6)cc5C5(C)CCc6ccccc6C45C)cc(c31)N2c1ccc(C(C)(C)C)cc1-c1ccccc1. The highest BCUT2D eigenvalue weighted by atomic mass is 15.3.